The third-order valence-corrected chi connectivity index (χ3v) is 5.80. The summed E-state index contributed by atoms with van der Waals surface area (Å²) in [6.07, 6.45) is 7.77. The second-order valence-corrected chi connectivity index (χ2v) is 7.80. The average Bonchev–Trinajstić information content (AvgIpc) is 2.62. The third kappa shape index (κ3) is 4.42. The largest absolute Gasteiger partial charge is 0.342 e. The van der Waals surface area contributed by atoms with E-state index >= 15 is 0 Å². The topological polar surface area (TPSA) is 54.7 Å². The zero-order valence-electron chi connectivity index (χ0n) is 14.9. The van der Waals surface area contributed by atoms with Gasteiger partial charge in [-0.3, -0.25) is 14.0 Å². The Labute approximate surface area is 152 Å². The van der Waals surface area contributed by atoms with Crippen LogP contribution < -0.4 is 5.56 Å². The summed E-state index contributed by atoms with van der Waals surface area (Å²) in [5.41, 5.74) is 2.33. The fourth-order valence-corrected chi connectivity index (χ4v) is 4.19. The summed E-state index contributed by atoms with van der Waals surface area (Å²) in [5.74, 6) is 1.18. The van der Waals surface area contributed by atoms with Crippen molar-refractivity contribution in [3.05, 3.63) is 46.0 Å². The van der Waals surface area contributed by atoms with Crippen molar-refractivity contribution in [3.8, 4) is 0 Å². The standard InChI is InChI=1S/C19H25N3O2S/c1-14-8-9-17-20-15(10-18(23)22(17)11-14)12-25-13-19(24)21(2)16-6-4-3-5-7-16/h8-11,16H,3-7,12-13H2,1-2H3. The number of amides is 1. The lowest BCUT2D eigenvalue weighted by molar-refractivity contribution is -0.129. The molecule has 6 heteroatoms. The molecule has 0 aliphatic heterocycles. The lowest BCUT2D eigenvalue weighted by Crippen LogP contribution is -2.39. The quantitative estimate of drug-likeness (QED) is 0.823. The number of aryl methyl sites for hydroxylation is 1. The number of hydrogen-bond acceptors (Lipinski definition) is 4. The Balaban J connectivity index is 1.58. The van der Waals surface area contributed by atoms with Crippen molar-refractivity contribution in [2.24, 2.45) is 0 Å². The van der Waals surface area contributed by atoms with Gasteiger partial charge in [-0.15, -0.1) is 11.8 Å². The highest BCUT2D eigenvalue weighted by molar-refractivity contribution is 7.99. The molecule has 1 aliphatic rings. The van der Waals surface area contributed by atoms with Crippen molar-refractivity contribution in [2.45, 2.75) is 50.8 Å². The molecule has 0 atom stereocenters. The number of thioether (sulfide) groups is 1. The van der Waals surface area contributed by atoms with E-state index in [4.69, 9.17) is 0 Å². The summed E-state index contributed by atoms with van der Waals surface area (Å²) in [6.45, 7) is 1.95. The number of hydrogen-bond donors (Lipinski definition) is 0. The maximum Gasteiger partial charge on any atom is 0.258 e. The third-order valence-electron chi connectivity index (χ3n) is 4.85. The Bertz CT molecular complexity index is 812. The van der Waals surface area contributed by atoms with Crippen LogP contribution in [0.3, 0.4) is 0 Å². The summed E-state index contributed by atoms with van der Waals surface area (Å²) >= 11 is 1.53. The number of aromatic nitrogens is 2. The van der Waals surface area contributed by atoms with E-state index in [0.717, 1.165) is 24.1 Å². The number of rotatable bonds is 5. The van der Waals surface area contributed by atoms with Crippen LogP contribution in [0.1, 0.15) is 43.4 Å². The van der Waals surface area contributed by atoms with E-state index in [1.807, 2.05) is 31.0 Å². The molecule has 2 aromatic rings. The zero-order valence-corrected chi connectivity index (χ0v) is 15.7. The highest BCUT2D eigenvalue weighted by atomic mass is 32.2. The molecule has 0 radical (unpaired) electrons. The first-order valence-electron chi connectivity index (χ1n) is 8.87. The number of fused-ring (bicyclic) bond motifs is 1. The smallest absolute Gasteiger partial charge is 0.258 e. The Morgan fingerprint density at radius 1 is 1.32 bits per heavy atom. The van der Waals surface area contributed by atoms with Gasteiger partial charge in [0.2, 0.25) is 5.91 Å². The predicted molar refractivity (Wildman–Crippen MR) is 102 cm³/mol. The minimum absolute atomic E-state index is 0.0741. The first-order valence-corrected chi connectivity index (χ1v) is 10.0. The SMILES string of the molecule is Cc1ccc2nc(CSCC(=O)N(C)C3CCCCC3)cc(=O)n2c1. The van der Waals surface area contributed by atoms with Gasteiger partial charge >= 0.3 is 0 Å². The van der Waals surface area contributed by atoms with Crippen LogP contribution in [-0.2, 0) is 10.5 Å². The molecular weight excluding hydrogens is 334 g/mol. The Kier molecular flexibility index (Phi) is 5.78. The van der Waals surface area contributed by atoms with Crippen LogP contribution in [0.4, 0.5) is 0 Å². The second kappa shape index (κ2) is 8.04. The van der Waals surface area contributed by atoms with Crippen molar-refractivity contribution in [2.75, 3.05) is 12.8 Å². The van der Waals surface area contributed by atoms with Crippen LogP contribution in [0.15, 0.2) is 29.2 Å². The van der Waals surface area contributed by atoms with Crippen LogP contribution in [0, 0.1) is 6.92 Å². The van der Waals surface area contributed by atoms with Crippen LogP contribution in [0.5, 0.6) is 0 Å². The number of pyridine rings is 1. The van der Waals surface area contributed by atoms with E-state index in [1.165, 1.54) is 31.0 Å². The van der Waals surface area contributed by atoms with Gasteiger partial charge in [0.15, 0.2) is 0 Å². The second-order valence-electron chi connectivity index (χ2n) is 6.81. The molecule has 2 heterocycles. The van der Waals surface area contributed by atoms with Crippen molar-refractivity contribution < 1.29 is 4.79 Å². The molecule has 0 N–H and O–H groups in total. The molecule has 1 aliphatic carbocycles. The van der Waals surface area contributed by atoms with Gasteiger partial charge in [-0.05, 0) is 31.4 Å². The maximum absolute atomic E-state index is 12.4. The lowest BCUT2D eigenvalue weighted by atomic mass is 9.94. The summed E-state index contributed by atoms with van der Waals surface area (Å²) in [6, 6.07) is 5.76. The first kappa shape index (κ1) is 18.0. The molecular formula is C19H25N3O2S. The fraction of sp³-hybridized carbons (Fsp3) is 0.526. The van der Waals surface area contributed by atoms with Crippen molar-refractivity contribution >= 4 is 23.3 Å². The highest BCUT2D eigenvalue weighted by Crippen LogP contribution is 2.22. The van der Waals surface area contributed by atoms with Crippen molar-refractivity contribution in [1.82, 2.24) is 14.3 Å². The van der Waals surface area contributed by atoms with E-state index in [-0.39, 0.29) is 11.5 Å². The van der Waals surface area contributed by atoms with Crippen LogP contribution in [-0.4, -0.2) is 39.0 Å². The Morgan fingerprint density at radius 2 is 2.08 bits per heavy atom. The zero-order chi connectivity index (χ0) is 17.8. The summed E-state index contributed by atoms with van der Waals surface area (Å²) < 4.78 is 1.56. The van der Waals surface area contributed by atoms with Gasteiger partial charge in [0.05, 0.1) is 11.4 Å². The van der Waals surface area contributed by atoms with Crippen molar-refractivity contribution in [1.29, 1.82) is 0 Å². The molecule has 1 saturated carbocycles. The van der Waals surface area contributed by atoms with Gasteiger partial charge in [-0.1, -0.05) is 25.3 Å². The Hall–Kier alpha value is -1.82. The molecule has 3 rings (SSSR count). The molecule has 0 saturated heterocycles. The fourth-order valence-electron chi connectivity index (χ4n) is 3.35. The van der Waals surface area contributed by atoms with Crippen LogP contribution >= 0.6 is 11.8 Å². The molecule has 0 unspecified atom stereocenters. The summed E-state index contributed by atoms with van der Waals surface area (Å²) in [7, 11) is 1.92. The van der Waals surface area contributed by atoms with E-state index in [9.17, 15) is 9.59 Å². The summed E-state index contributed by atoms with van der Waals surface area (Å²) in [4.78, 5) is 31.0. The minimum atomic E-state index is -0.0741. The van der Waals surface area contributed by atoms with E-state index in [2.05, 4.69) is 4.98 Å². The average molecular weight is 359 g/mol. The number of carbonyl (C=O) groups is 1. The Morgan fingerprint density at radius 3 is 2.84 bits per heavy atom. The number of nitrogens with zero attached hydrogens (tertiary/aromatic N) is 3. The van der Waals surface area contributed by atoms with Gasteiger partial charge in [0.1, 0.15) is 5.65 Å². The molecule has 0 aromatic carbocycles. The molecule has 25 heavy (non-hydrogen) atoms. The van der Waals surface area contributed by atoms with E-state index in [1.54, 1.807) is 16.7 Å². The highest BCUT2D eigenvalue weighted by Gasteiger charge is 2.21. The van der Waals surface area contributed by atoms with Gasteiger partial charge in [-0.25, -0.2) is 4.98 Å². The molecule has 5 nitrogen and oxygen atoms in total. The van der Waals surface area contributed by atoms with Crippen LogP contribution in [0.25, 0.3) is 5.65 Å². The lowest BCUT2D eigenvalue weighted by Gasteiger charge is -2.31. The molecule has 0 bridgehead atoms. The normalized spacial score (nSPS) is 15.4. The molecule has 2 aromatic heterocycles. The monoisotopic (exact) mass is 359 g/mol. The maximum atomic E-state index is 12.4. The van der Waals surface area contributed by atoms with Gasteiger partial charge in [-0.2, -0.15) is 0 Å². The number of carbonyl (C=O) groups excluding carboxylic acids is 1. The molecule has 0 spiro atoms. The molecule has 1 amide bonds. The predicted octanol–water partition coefficient (Wildman–Crippen LogP) is 3.03. The first-order chi connectivity index (χ1) is 12.0. The molecule has 134 valence electrons. The molecule has 1 fully saturated rings. The summed E-state index contributed by atoms with van der Waals surface area (Å²) in [5, 5.41) is 0. The van der Waals surface area contributed by atoms with Gasteiger partial charge in [0, 0.05) is 31.1 Å². The van der Waals surface area contributed by atoms with E-state index in [0.29, 0.717) is 23.2 Å². The van der Waals surface area contributed by atoms with Crippen LogP contribution in [0.2, 0.25) is 0 Å². The van der Waals surface area contributed by atoms with E-state index < -0.39 is 0 Å². The van der Waals surface area contributed by atoms with Crippen molar-refractivity contribution in [3.63, 3.8) is 0 Å². The minimum Gasteiger partial charge on any atom is -0.342 e. The van der Waals surface area contributed by atoms with Gasteiger partial charge in [0.25, 0.3) is 5.56 Å². The van der Waals surface area contributed by atoms with Gasteiger partial charge < -0.3 is 4.90 Å².